The fourth-order valence-corrected chi connectivity index (χ4v) is 2.23. The minimum atomic E-state index is 1.09. The molecule has 0 amide bonds. The lowest BCUT2D eigenvalue weighted by Crippen LogP contribution is -2.20. The molecule has 0 radical (unpaired) electrons. The van der Waals surface area contributed by atoms with Crippen LogP contribution >= 0.6 is 15.9 Å². The zero-order valence-electron chi connectivity index (χ0n) is 8.02. The number of aromatic nitrogens is 1. The van der Waals surface area contributed by atoms with Crippen molar-refractivity contribution in [1.82, 2.24) is 0 Å². The first-order chi connectivity index (χ1) is 7.34. The second-order valence-corrected chi connectivity index (χ2v) is 4.46. The molecule has 15 heavy (non-hydrogen) atoms. The maximum Gasteiger partial charge on any atom is 0.218 e. The van der Waals surface area contributed by atoms with E-state index in [1.165, 1.54) is 16.3 Å². The van der Waals surface area contributed by atoms with E-state index in [1.807, 2.05) is 0 Å². The molecule has 3 rings (SSSR count). The van der Waals surface area contributed by atoms with E-state index >= 15 is 0 Å². The Bertz CT molecular complexity index is 646. The second-order valence-electron chi connectivity index (χ2n) is 3.54. The van der Waals surface area contributed by atoms with Gasteiger partial charge in [0, 0.05) is 12.1 Å². The Labute approximate surface area is 96.1 Å². The highest BCUT2D eigenvalue weighted by atomic mass is 79.9. The molecule has 3 aromatic rings. The van der Waals surface area contributed by atoms with Gasteiger partial charge in [0.1, 0.15) is 0 Å². The van der Waals surface area contributed by atoms with Gasteiger partial charge in [0.15, 0.2) is 12.4 Å². The van der Waals surface area contributed by atoms with Gasteiger partial charge in [-0.3, -0.25) is 0 Å². The van der Waals surface area contributed by atoms with Gasteiger partial charge in [-0.25, -0.2) is 0 Å². The third kappa shape index (κ3) is 1.41. The molecule has 0 saturated carbocycles. The standard InChI is InChI=1S/C13H9BrN/c14-11-5-6-13-12-4-2-1-3-10(12)7-8-15(13)9-11/h1-9H/q+1. The molecule has 72 valence electrons. The molecule has 0 aliphatic rings. The van der Waals surface area contributed by atoms with Crippen molar-refractivity contribution in [3.05, 3.63) is 59.3 Å². The van der Waals surface area contributed by atoms with Crippen LogP contribution in [0.3, 0.4) is 0 Å². The van der Waals surface area contributed by atoms with Crippen molar-refractivity contribution >= 4 is 32.2 Å². The number of hydrogen-bond acceptors (Lipinski definition) is 0. The van der Waals surface area contributed by atoms with Gasteiger partial charge >= 0.3 is 0 Å². The van der Waals surface area contributed by atoms with E-state index in [2.05, 4.69) is 75.2 Å². The maximum atomic E-state index is 3.48. The molecule has 0 aliphatic carbocycles. The zero-order chi connectivity index (χ0) is 10.3. The normalized spacial score (nSPS) is 11.0. The van der Waals surface area contributed by atoms with Crippen LogP contribution < -0.4 is 4.40 Å². The Kier molecular flexibility index (Phi) is 1.96. The SMILES string of the molecule is Brc1ccc2c3ccccc3cc[n+]2c1. The van der Waals surface area contributed by atoms with Gasteiger partial charge in [-0.05, 0) is 33.4 Å². The van der Waals surface area contributed by atoms with Crippen LogP contribution in [0.4, 0.5) is 0 Å². The molecule has 0 saturated heterocycles. The first kappa shape index (κ1) is 8.86. The quantitative estimate of drug-likeness (QED) is 0.430. The lowest BCUT2D eigenvalue weighted by Gasteiger charge is -1.97. The number of hydrogen-bond donors (Lipinski definition) is 0. The third-order valence-electron chi connectivity index (χ3n) is 2.59. The Morgan fingerprint density at radius 2 is 1.80 bits per heavy atom. The van der Waals surface area contributed by atoms with Crippen LogP contribution in [0.1, 0.15) is 0 Å². The first-order valence-electron chi connectivity index (χ1n) is 4.83. The van der Waals surface area contributed by atoms with E-state index in [0.29, 0.717) is 0 Å². The van der Waals surface area contributed by atoms with Crippen LogP contribution in [-0.4, -0.2) is 0 Å². The van der Waals surface area contributed by atoms with Crippen molar-refractivity contribution in [2.45, 2.75) is 0 Å². The summed E-state index contributed by atoms with van der Waals surface area (Å²) in [4.78, 5) is 0. The topological polar surface area (TPSA) is 4.10 Å². The summed E-state index contributed by atoms with van der Waals surface area (Å²) >= 11 is 3.48. The molecule has 2 heterocycles. The lowest BCUT2D eigenvalue weighted by molar-refractivity contribution is -0.511. The Morgan fingerprint density at radius 1 is 0.933 bits per heavy atom. The third-order valence-corrected chi connectivity index (χ3v) is 3.06. The molecular formula is C13H9BrN+. The van der Waals surface area contributed by atoms with Crippen LogP contribution in [-0.2, 0) is 0 Å². The van der Waals surface area contributed by atoms with E-state index in [9.17, 15) is 0 Å². The van der Waals surface area contributed by atoms with Gasteiger partial charge in [0.25, 0.3) is 0 Å². The number of rotatable bonds is 0. The molecule has 0 atom stereocenters. The van der Waals surface area contributed by atoms with Gasteiger partial charge in [0.2, 0.25) is 5.52 Å². The highest BCUT2D eigenvalue weighted by molar-refractivity contribution is 9.10. The van der Waals surface area contributed by atoms with Gasteiger partial charge < -0.3 is 0 Å². The van der Waals surface area contributed by atoms with Crippen molar-refractivity contribution in [3.8, 4) is 0 Å². The number of pyridine rings is 2. The van der Waals surface area contributed by atoms with E-state index < -0.39 is 0 Å². The molecule has 0 unspecified atom stereocenters. The predicted octanol–water partition coefficient (Wildman–Crippen LogP) is 3.34. The van der Waals surface area contributed by atoms with Crippen molar-refractivity contribution in [2.75, 3.05) is 0 Å². The molecular weight excluding hydrogens is 250 g/mol. The van der Waals surface area contributed by atoms with Gasteiger partial charge in [-0.2, -0.15) is 4.40 Å². The van der Waals surface area contributed by atoms with Crippen molar-refractivity contribution < 1.29 is 4.40 Å². The summed E-state index contributed by atoms with van der Waals surface area (Å²) in [5.41, 5.74) is 1.23. The predicted molar refractivity (Wildman–Crippen MR) is 64.8 cm³/mol. The number of fused-ring (bicyclic) bond motifs is 3. The smallest absolute Gasteiger partial charge is 0.165 e. The van der Waals surface area contributed by atoms with Crippen molar-refractivity contribution in [1.29, 1.82) is 0 Å². The molecule has 2 heteroatoms. The van der Waals surface area contributed by atoms with Gasteiger partial charge in [-0.1, -0.05) is 18.2 Å². The first-order valence-corrected chi connectivity index (χ1v) is 5.62. The van der Waals surface area contributed by atoms with Crippen LogP contribution in [0, 0.1) is 0 Å². The summed E-state index contributed by atoms with van der Waals surface area (Å²) in [5.74, 6) is 0. The Balaban J connectivity index is 2.55. The summed E-state index contributed by atoms with van der Waals surface area (Å²) in [5, 5.41) is 2.56. The molecule has 0 bridgehead atoms. The highest BCUT2D eigenvalue weighted by Gasteiger charge is 2.06. The minimum Gasteiger partial charge on any atom is -0.165 e. The number of benzene rings is 1. The van der Waals surface area contributed by atoms with Crippen molar-refractivity contribution in [2.24, 2.45) is 0 Å². The monoisotopic (exact) mass is 258 g/mol. The highest BCUT2D eigenvalue weighted by Crippen LogP contribution is 2.17. The summed E-state index contributed by atoms with van der Waals surface area (Å²) < 4.78 is 3.22. The van der Waals surface area contributed by atoms with Crippen LogP contribution in [0.5, 0.6) is 0 Å². The second kappa shape index (κ2) is 3.31. The zero-order valence-corrected chi connectivity index (χ0v) is 9.61. The molecule has 0 spiro atoms. The fourth-order valence-electron chi connectivity index (χ4n) is 1.88. The average Bonchev–Trinajstić information content (AvgIpc) is 2.28. The number of nitrogens with zero attached hydrogens (tertiary/aromatic N) is 1. The van der Waals surface area contributed by atoms with Crippen molar-refractivity contribution in [3.63, 3.8) is 0 Å². The Morgan fingerprint density at radius 3 is 2.73 bits per heavy atom. The minimum absolute atomic E-state index is 1.09. The Hall–Kier alpha value is -1.41. The van der Waals surface area contributed by atoms with Gasteiger partial charge in [-0.15, -0.1) is 0 Å². The van der Waals surface area contributed by atoms with Crippen LogP contribution in [0.2, 0.25) is 0 Å². The summed E-state index contributed by atoms with van der Waals surface area (Å²) in [6, 6.07) is 14.8. The molecule has 1 nitrogen and oxygen atoms in total. The van der Waals surface area contributed by atoms with Crippen LogP contribution in [0.25, 0.3) is 16.3 Å². The summed E-state index contributed by atoms with van der Waals surface area (Å²) in [7, 11) is 0. The number of halogens is 1. The molecule has 0 fully saturated rings. The van der Waals surface area contributed by atoms with E-state index in [1.54, 1.807) is 0 Å². The average molecular weight is 259 g/mol. The molecule has 2 aromatic heterocycles. The van der Waals surface area contributed by atoms with Gasteiger partial charge in [0.05, 0.1) is 9.86 Å². The van der Waals surface area contributed by atoms with E-state index in [0.717, 1.165) is 4.47 Å². The molecule has 0 aliphatic heterocycles. The molecule has 0 N–H and O–H groups in total. The summed E-state index contributed by atoms with van der Waals surface area (Å²) in [6.07, 6.45) is 4.16. The molecule has 1 aromatic carbocycles. The van der Waals surface area contributed by atoms with Crippen LogP contribution in [0.15, 0.2) is 59.3 Å². The fraction of sp³-hybridized carbons (Fsp3) is 0. The van der Waals surface area contributed by atoms with E-state index in [4.69, 9.17) is 0 Å². The largest absolute Gasteiger partial charge is 0.218 e. The van der Waals surface area contributed by atoms with E-state index in [-0.39, 0.29) is 0 Å². The lowest BCUT2D eigenvalue weighted by atomic mass is 10.1. The maximum absolute atomic E-state index is 3.48. The summed E-state index contributed by atoms with van der Waals surface area (Å²) in [6.45, 7) is 0.